The van der Waals surface area contributed by atoms with E-state index in [9.17, 15) is 4.79 Å². The number of para-hydroxylation sites is 1. The van der Waals surface area contributed by atoms with Gasteiger partial charge in [-0.3, -0.25) is 0 Å². The van der Waals surface area contributed by atoms with Crippen LogP contribution >= 0.6 is 0 Å². The summed E-state index contributed by atoms with van der Waals surface area (Å²) in [6.45, 7) is 0. The Morgan fingerprint density at radius 1 is 0.938 bits per heavy atom. The zero-order valence-corrected chi connectivity index (χ0v) is 8.86. The maximum atomic E-state index is 12.2. The molecule has 0 radical (unpaired) electrons. The number of benzene rings is 2. The summed E-state index contributed by atoms with van der Waals surface area (Å²) < 4.78 is 6.66. The molecule has 3 rings (SSSR count). The second-order valence-electron chi connectivity index (χ2n) is 3.88. The molecule has 0 fully saturated rings. The zero-order chi connectivity index (χ0) is 11.1. The topological polar surface area (TPSA) is 30.2 Å². The van der Waals surface area contributed by atoms with Gasteiger partial charge in [-0.05, 0) is 0 Å². The Labute approximate surface area is 101 Å². The van der Waals surface area contributed by atoms with E-state index in [0.29, 0.717) is 21.9 Å². The summed E-state index contributed by atoms with van der Waals surface area (Å²) in [4.78, 5) is 12.2. The Morgan fingerprint density at radius 2 is 1.69 bits per heavy atom. The molecule has 0 bridgehead atoms. The molecule has 0 atom stereocenters. The van der Waals surface area contributed by atoms with Crippen LogP contribution in [-0.2, 0) is 0 Å². The van der Waals surface area contributed by atoms with Gasteiger partial charge in [-0.1, -0.05) is 0 Å². The third-order valence-electron chi connectivity index (χ3n) is 2.81. The van der Waals surface area contributed by atoms with Gasteiger partial charge in [0.05, 0.1) is 0 Å². The first-order valence-electron chi connectivity index (χ1n) is 5.18. The van der Waals surface area contributed by atoms with Gasteiger partial charge < -0.3 is 0 Å². The van der Waals surface area contributed by atoms with Crippen molar-refractivity contribution in [2.24, 2.45) is 0 Å². The number of fused-ring (bicyclic) bond motifs is 2. The molecule has 0 unspecified atom stereocenters. The normalized spacial score (nSPS) is 11.1. The van der Waals surface area contributed by atoms with Crippen LogP contribution in [0, 0.1) is 0 Å². The molecule has 72 valence electrons. The van der Waals surface area contributed by atoms with Gasteiger partial charge in [-0.2, -0.15) is 0 Å². The number of rotatable bonds is 0. The maximum absolute atomic E-state index is 12.2. The summed E-state index contributed by atoms with van der Waals surface area (Å²) in [6, 6.07) is 13.0. The molecule has 0 saturated carbocycles. The molecule has 1 heterocycles. The van der Waals surface area contributed by atoms with E-state index in [1.165, 1.54) is 0 Å². The van der Waals surface area contributed by atoms with Gasteiger partial charge in [0.25, 0.3) is 0 Å². The van der Waals surface area contributed by atoms with E-state index in [-0.39, 0.29) is 5.43 Å². The van der Waals surface area contributed by atoms with Gasteiger partial charge in [0, 0.05) is 0 Å². The van der Waals surface area contributed by atoms with Crippen LogP contribution in [0.25, 0.3) is 21.9 Å². The second kappa shape index (κ2) is 3.52. The Bertz CT molecular complexity index is 744. The average Bonchev–Trinajstić information content (AvgIpc) is 2.29. The van der Waals surface area contributed by atoms with E-state index in [1.54, 1.807) is 6.07 Å². The quantitative estimate of drug-likeness (QED) is 0.410. The molecule has 0 amide bonds. The fraction of sp³-hybridized carbons (Fsp3) is 0. The third-order valence-corrected chi connectivity index (χ3v) is 2.81. The van der Waals surface area contributed by atoms with Crippen molar-refractivity contribution in [3.63, 3.8) is 0 Å². The summed E-state index contributed by atoms with van der Waals surface area (Å²) in [5.74, 6) is 0. The van der Waals surface area contributed by atoms with Gasteiger partial charge in [0.2, 0.25) is 0 Å². The van der Waals surface area contributed by atoms with Crippen molar-refractivity contribution in [2.75, 3.05) is 0 Å². The second-order valence-corrected chi connectivity index (χ2v) is 3.88. The van der Waals surface area contributed by atoms with Crippen LogP contribution in [0.4, 0.5) is 0 Å². The zero-order valence-electron chi connectivity index (χ0n) is 8.86. The molecule has 0 aliphatic heterocycles. The van der Waals surface area contributed by atoms with Crippen LogP contribution < -0.4 is 9.67 Å². The SMILES string of the molecule is [Li][c]1cccc2oc3ccccc3c(=O)c12. The standard InChI is InChI=1S/C13H7O2.Li/c14-13-9-5-1-3-7-11(9)15-12-8-4-2-6-10(12)13;/h1-5,7-8H;. The molecule has 3 heteroatoms. The van der Waals surface area contributed by atoms with E-state index in [1.807, 2.05) is 54.1 Å². The van der Waals surface area contributed by atoms with Crippen molar-refractivity contribution in [3.05, 3.63) is 52.7 Å². The van der Waals surface area contributed by atoms with Crippen molar-refractivity contribution >= 4 is 43.9 Å². The van der Waals surface area contributed by atoms with Crippen LogP contribution in [0.2, 0.25) is 0 Å². The van der Waals surface area contributed by atoms with Crippen molar-refractivity contribution in [1.82, 2.24) is 0 Å². The van der Waals surface area contributed by atoms with Gasteiger partial charge in [0.1, 0.15) is 0 Å². The van der Waals surface area contributed by atoms with Crippen molar-refractivity contribution < 1.29 is 4.42 Å². The Balaban J connectivity index is 2.67. The molecule has 1 aromatic heterocycles. The van der Waals surface area contributed by atoms with Crippen LogP contribution in [0.5, 0.6) is 0 Å². The summed E-state index contributed by atoms with van der Waals surface area (Å²) >= 11 is 1.92. The predicted octanol–water partition coefficient (Wildman–Crippen LogP) is 1.74. The minimum atomic E-state index is 0.0509. The molecule has 2 nitrogen and oxygen atoms in total. The van der Waals surface area contributed by atoms with Gasteiger partial charge in [0.15, 0.2) is 0 Å². The Hall–Kier alpha value is -1.49. The van der Waals surface area contributed by atoms with Crippen LogP contribution in [-0.4, -0.2) is 17.7 Å². The number of hydrogen-bond donors (Lipinski definition) is 0. The van der Waals surface area contributed by atoms with E-state index in [2.05, 4.69) is 0 Å². The molecule has 16 heavy (non-hydrogen) atoms. The number of hydrogen-bond acceptors (Lipinski definition) is 2. The van der Waals surface area contributed by atoms with E-state index < -0.39 is 0 Å². The van der Waals surface area contributed by atoms with Gasteiger partial charge in [-0.25, -0.2) is 0 Å². The molecule has 0 aliphatic rings. The first-order chi connectivity index (χ1) is 7.77. The third kappa shape index (κ3) is 1.31. The van der Waals surface area contributed by atoms with Crippen molar-refractivity contribution in [2.45, 2.75) is 0 Å². The van der Waals surface area contributed by atoms with E-state index >= 15 is 0 Å². The molecule has 2 aromatic carbocycles. The Morgan fingerprint density at radius 3 is 2.56 bits per heavy atom. The molecular formula is C13H7LiO2. The minimum absolute atomic E-state index is 0.0509. The van der Waals surface area contributed by atoms with Crippen LogP contribution in [0.15, 0.2) is 51.7 Å². The Kier molecular flexibility index (Phi) is 2.14. The fourth-order valence-electron chi connectivity index (χ4n) is 2.01. The van der Waals surface area contributed by atoms with Gasteiger partial charge >= 0.3 is 101 Å². The molecular weight excluding hydrogens is 195 g/mol. The fourth-order valence-corrected chi connectivity index (χ4v) is 2.01. The van der Waals surface area contributed by atoms with E-state index in [0.717, 1.165) is 4.24 Å². The summed E-state index contributed by atoms with van der Waals surface area (Å²) in [7, 11) is 0. The summed E-state index contributed by atoms with van der Waals surface area (Å²) in [5.41, 5.74) is 1.35. The molecule has 3 aromatic rings. The van der Waals surface area contributed by atoms with Crippen LogP contribution in [0.1, 0.15) is 0 Å². The predicted molar refractivity (Wildman–Crippen MR) is 65.4 cm³/mol. The van der Waals surface area contributed by atoms with Crippen molar-refractivity contribution in [3.8, 4) is 0 Å². The first-order valence-corrected chi connectivity index (χ1v) is 5.18. The first kappa shape index (κ1) is 9.71. The molecule has 0 N–H and O–H groups in total. The van der Waals surface area contributed by atoms with E-state index in [4.69, 9.17) is 4.42 Å². The average molecular weight is 202 g/mol. The summed E-state index contributed by atoms with van der Waals surface area (Å²) in [6.07, 6.45) is 0. The van der Waals surface area contributed by atoms with Crippen molar-refractivity contribution in [1.29, 1.82) is 0 Å². The van der Waals surface area contributed by atoms with Gasteiger partial charge in [-0.15, -0.1) is 0 Å². The van der Waals surface area contributed by atoms with Crippen LogP contribution in [0.3, 0.4) is 0 Å². The molecule has 0 aliphatic carbocycles. The monoisotopic (exact) mass is 202 g/mol. The summed E-state index contributed by atoms with van der Waals surface area (Å²) in [5, 5.41) is 1.32. The molecule has 0 spiro atoms. The molecule has 0 saturated heterocycles.